The molecule has 0 saturated carbocycles. The quantitative estimate of drug-likeness (QED) is 0.644. The molecule has 2 N–H and O–H groups in total. The van der Waals surface area contributed by atoms with Crippen LogP contribution in [0, 0.1) is 17.0 Å². The van der Waals surface area contributed by atoms with Crippen molar-refractivity contribution in [2.75, 3.05) is 26.0 Å². The van der Waals surface area contributed by atoms with Gasteiger partial charge in [0.2, 0.25) is 11.9 Å². The number of carbonyl (C=O) groups excluding carboxylic acids is 1. The van der Waals surface area contributed by atoms with Crippen LogP contribution < -0.4 is 10.2 Å². The van der Waals surface area contributed by atoms with Gasteiger partial charge >= 0.3 is 0 Å². The number of carbonyl (C=O) groups is 1. The van der Waals surface area contributed by atoms with Gasteiger partial charge in [0.15, 0.2) is 11.8 Å². The zero-order chi connectivity index (χ0) is 22.7. The first-order valence-electron chi connectivity index (χ1n) is 9.51. The van der Waals surface area contributed by atoms with E-state index in [9.17, 15) is 4.79 Å². The summed E-state index contributed by atoms with van der Waals surface area (Å²) in [5.74, 6) is -1.81. The van der Waals surface area contributed by atoms with Crippen molar-refractivity contribution in [1.29, 1.82) is 5.41 Å². The lowest BCUT2D eigenvalue weighted by atomic mass is 9.85. The van der Waals surface area contributed by atoms with Crippen molar-refractivity contribution < 1.29 is 13.6 Å². The second kappa shape index (κ2) is 7.19. The van der Waals surface area contributed by atoms with Gasteiger partial charge in [-0.2, -0.15) is 0 Å². The average molecular weight is 447 g/mol. The number of nitrogens with one attached hydrogen (secondary N) is 2. The standard InChI is InChI=1S/C21H21ClF2N6O/c1-21(10-16(31)29(4)19(25)27-21)12-6-7-13(23)18(17(12)24)30-15-9-11(22)5-8-14(15)26-20(30)28(2)3/h5-9H,10H2,1-4H3,(H2,25,27)/t21-/m0/s1. The third kappa shape index (κ3) is 3.29. The highest BCUT2D eigenvalue weighted by atomic mass is 35.5. The van der Waals surface area contributed by atoms with E-state index in [-0.39, 0.29) is 29.5 Å². The molecule has 1 aliphatic heterocycles. The number of hydrogen-bond donors (Lipinski definition) is 2. The van der Waals surface area contributed by atoms with Crippen LogP contribution in [0.4, 0.5) is 14.7 Å². The molecule has 1 atom stereocenters. The number of fused-ring (bicyclic) bond motifs is 1. The second-order valence-corrected chi connectivity index (χ2v) is 8.40. The molecule has 1 saturated heterocycles. The number of guanidine groups is 1. The van der Waals surface area contributed by atoms with Gasteiger partial charge in [0.1, 0.15) is 11.5 Å². The Morgan fingerprint density at radius 3 is 2.61 bits per heavy atom. The molecule has 0 bridgehead atoms. The van der Waals surface area contributed by atoms with Crippen LogP contribution in [0.5, 0.6) is 0 Å². The summed E-state index contributed by atoms with van der Waals surface area (Å²) in [6.07, 6.45) is -0.0923. The molecule has 162 valence electrons. The summed E-state index contributed by atoms with van der Waals surface area (Å²) >= 11 is 6.15. The van der Waals surface area contributed by atoms with Crippen LogP contribution in [0.15, 0.2) is 30.3 Å². The van der Waals surface area contributed by atoms with Crippen LogP contribution >= 0.6 is 11.6 Å². The molecule has 1 amide bonds. The van der Waals surface area contributed by atoms with Crippen LogP contribution in [0.2, 0.25) is 5.02 Å². The molecule has 0 unspecified atom stereocenters. The first-order chi connectivity index (χ1) is 14.5. The number of anilines is 1. The third-order valence-electron chi connectivity index (χ3n) is 5.49. The van der Waals surface area contributed by atoms with E-state index in [1.165, 1.54) is 17.7 Å². The molecule has 0 spiro atoms. The number of aromatic nitrogens is 2. The van der Waals surface area contributed by atoms with Crippen molar-refractivity contribution in [2.24, 2.45) is 0 Å². The molecule has 1 fully saturated rings. The molecule has 1 aliphatic rings. The van der Waals surface area contributed by atoms with Crippen molar-refractivity contribution >= 4 is 40.4 Å². The van der Waals surface area contributed by atoms with Gasteiger partial charge in [0.05, 0.1) is 23.0 Å². The fourth-order valence-corrected chi connectivity index (χ4v) is 3.99. The fourth-order valence-electron chi connectivity index (χ4n) is 3.83. The minimum absolute atomic E-state index is 0.0729. The van der Waals surface area contributed by atoms with Gasteiger partial charge in [0.25, 0.3) is 0 Å². The zero-order valence-electron chi connectivity index (χ0n) is 17.4. The molecule has 0 radical (unpaired) electrons. The lowest BCUT2D eigenvalue weighted by Gasteiger charge is -2.40. The van der Waals surface area contributed by atoms with E-state index in [0.29, 0.717) is 22.0 Å². The van der Waals surface area contributed by atoms with E-state index in [2.05, 4.69) is 10.3 Å². The maximum atomic E-state index is 16.0. The summed E-state index contributed by atoms with van der Waals surface area (Å²) < 4.78 is 32.4. The van der Waals surface area contributed by atoms with Gasteiger partial charge < -0.3 is 10.2 Å². The predicted molar refractivity (Wildman–Crippen MR) is 116 cm³/mol. The Balaban J connectivity index is 1.99. The van der Waals surface area contributed by atoms with Gasteiger partial charge in [-0.15, -0.1) is 0 Å². The number of benzene rings is 2. The van der Waals surface area contributed by atoms with Crippen LogP contribution in [-0.2, 0) is 10.3 Å². The molecule has 31 heavy (non-hydrogen) atoms. The maximum Gasteiger partial charge on any atom is 0.231 e. The van der Waals surface area contributed by atoms with Gasteiger partial charge in [-0.05, 0) is 31.2 Å². The van der Waals surface area contributed by atoms with E-state index >= 15 is 8.78 Å². The summed E-state index contributed by atoms with van der Waals surface area (Å²) in [7, 11) is 4.91. The minimum atomic E-state index is -1.22. The third-order valence-corrected chi connectivity index (χ3v) is 5.73. The van der Waals surface area contributed by atoms with E-state index in [1.807, 2.05) is 0 Å². The lowest BCUT2D eigenvalue weighted by molar-refractivity contribution is -0.129. The highest BCUT2D eigenvalue weighted by molar-refractivity contribution is 6.31. The highest BCUT2D eigenvalue weighted by Crippen LogP contribution is 2.37. The summed E-state index contributed by atoms with van der Waals surface area (Å²) in [5, 5.41) is 11.3. The van der Waals surface area contributed by atoms with Gasteiger partial charge in [-0.1, -0.05) is 17.7 Å². The Kier molecular flexibility index (Phi) is 4.88. The molecular formula is C21H21ClF2N6O. The average Bonchev–Trinajstić information content (AvgIpc) is 3.05. The summed E-state index contributed by atoms with van der Waals surface area (Å²) in [6.45, 7) is 1.61. The van der Waals surface area contributed by atoms with Crippen LogP contribution in [0.25, 0.3) is 16.7 Å². The largest absolute Gasteiger partial charge is 0.348 e. The number of halogens is 3. The van der Waals surface area contributed by atoms with E-state index in [1.54, 1.807) is 44.1 Å². The van der Waals surface area contributed by atoms with Crippen molar-refractivity contribution in [1.82, 2.24) is 19.8 Å². The van der Waals surface area contributed by atoms with Gasteiger partial charge in [0, 0.05) is 31.7 Å². The lowest BCUT2D eigenvalue weighted by Crippen LogP contribution is -2.58. The van der Waals surface area contributed by atoms with Crippen molar-refractivity contribution in [2.45, 2.75) is 18.9 Å². The number of nitrogens with zero attached hydrogens (tertiary/aromatic N) is 4. The van der Waals surface area contributed by atoms with Gasteiger partial charge in [-0.25, -0.2) is 13.8 Å². The molecule has 2 heterocycles. The topological polar surface area (TPSA) is 77.2 Å². The van der Waals surface area contributed by atoms with Crippen LogP contribution in [0.3, 0.4) is 0 Å². The first-order valence-corrected chi connectivity index (χ1v) is 9.89. The Morgan fingerprint density at radius 2 is 1.97 bits per heavy atom. The Bertz CT molecular complexity index is 1220. The summed E-state index contributed by atoms with van der Waals surface area (Å²) in [5.41, 5.74) is -0.510. The van der Waals surface area contributed by atoms with Gasteiger partial charge in [-0.3, -0.25) is 19.7 Å². The summed E-state index contributed by atoms with van der Waals surface area (Å²) in [6, 6.07) is 7.39. The normalized spacial score (nSPS) is 19.1. The molecular weight excluding hydrogens is 426 g/mol. The minimum Gasteiger partial charge on any atom is -0.348 e. The number of rotatable bonds is 3. The monoisotopic (exact) mass is 446 g/mol. The molecule has 1 aromatic heterocycles. The van der Waals surface area contributed by atoms with Crippen molar-refractivity contribution in [3.8, 4) is 5.69 Å². The molecule has 10 heteroatoms. The Labute approximate surface area is 182 Å². The SMILES string of the molecule is CN1C(=N)N[C@](C)(c2ccc(F)c(-n3c(N(C)C)nc4ccc(Cl)cc43)c2F)CC1=O. The number of hydrogen-bond acceptors (Lipinski definition) is 4. The Morgan fingerprint density at radius 1 is 1.26 bits per heavy atom. The van der Waals surface area contributed by atoms with Crippen molar-refractivity contribution in [3.63, 3.8) is 0 Å². The van der Waals surface area contributed by atoms with Crippen molar-refractivity contribution in [3.05, 3.63) is 52.6 Å². The smallest absolute Gasteiger partial charge is 0.231 e. The highest BCUT2D eigenvalue weighted by Gasteiger charge is 2.41. The van der Waals surface area contributed by atoms with E-state index in [4.69, 9.17) is 17.0 Å². The van der Waals surface area contributed by atoms with Crippen LogP contribution in [-0.4, -0.2) is 47.5 Å². The predicted octanol–water partition coefficient (Wildman–Crippen LogP) is 3.62. The van der Waals surface area contributed by atoms with E-state index < -0.39 is 17.2 Å². The maximum absolute atomic E-state index is 16.0. The number of amides is 1. The fraction of sp³-hybridized carbons (Fsp3) is 0.286. The molecule has 3 aromatic rings. The Hall–Kier alpha value is -3.20. The summed E-state index contributed by atoms with van der Waals surface area (Å²) in [4.78, 5) is 19.6. The first kappa shape index (κ1) is 21.0. The molecule has 2 aromatic carbocycles. The zero-order valence-corrected chi connectivity index (χ0v) is 18.2. The second-order valence-electron chi connectivity index (χ2n) is 7.97. The van der Waals surface area contributed by atoms with Crippen LogP contribution in [0.1, 0.15) is 18.9 Å². The molecule has 0 aliphatic carbocycles. The molecule has 4 rings (SSSR count). The van der Waals surface area contributed by atoms with E-state index in [0.717, 1.165) is 11.0 Å². The molecule has 7 nitrogen and oxygen atoms in total. The number of imidazole rings is 1.